The number of quaternary nitrogens is 1. The van der Waals surface area contributed by atoms with Crippen LogP contribution in [0, 0.1) is 11.3 Å². The lowest BCUT2D eigenvalue weighted by Crippen LogP contribution is -3.13. The van der Waals surface area contributed by atoms with Crippen LogP contribution in [0.4, 0.5) is 5.69 Å². The minimum atomic E-state index is -0.381. The molecule has 2 aliphatic heterocycles. The number of benzene rings is 2. The number of amides is 1. The highest BCUT2D eigenvalue weighted by atomic mass is 16.7. The van der Waals surface area contributed by atoms with Crippen LogP contribution >= 0.6 is 0 Å². The van der Waals surface area contributed by atoms with Crippen molar-refractivity contribution in [1.82, 2.24) is 4.90 Å². The quantitative estimate of drug-likeness (QED) is 0.591. The first-order valence-electron chi connectivity index (χ1n) is 9.66. The number of nitrogens with one attached hydrogen (secondary N) is 2. The molecule has 1 amide bonds. The van der Waals surface area contributed by atoms with Crippen molar-refractivity contribution in [1.29, 1.82) is 5.26 Å². The first kappa shape index (κ1) is 18.8. The maximum absolute atomic E-state index is 12.4. The third-order valence-corrected chi connectivity index (χ3v) is 5.10. The normalized spacial score (nSPS) is 16.4. The predicted octanol–water partition coefficient (Wildman–Crippen LogP) is 1.16. The molecule has 0 aromatic heterocycles. The van der Waals surface area contributed by atoms with Gasteiger partial charge in [-0.2, -0.15) is 5.26 Å². The van der Waals surface area contributed by atoms with E-state index >= 15 is 0 Å². The van der Waals surface area contributed by atoms with Crippen LogP contribution in [0.25, 0.3) is 0 Å². The number of hydrogen-bond donors (Lipinski definition) is 2. The summed E-state index contributed by atoms with van der Waals surface area (Å²) in [5.41, 5.74) is 2.01. The first-order chi connectivity index (χ1) is 14.2. The third kappa shape index (κ3) is 4.68. The van der Waals surface area contributed by atoms with Crippen LogP contribution in [-0.2, 0) is 11.3 Å². The lowest BCUT2D eigenvalue weighted by molar-refractivity contribution is -0.917. The van der Waals surface area contributed by atoms with Gasteiger partial charge in [0.25, 0.3) is 5.91 Å². The van der Waals surface area contributed by atoms with E-state index in [1.165, 1.54) is 10.5 Å². The highest BCUT2D eigenvalue weighted by molar-refractivity contribution is 6.06. The molecule has 29 heavy (non-hydrogen) atoms. The molecule has 4 rings (SSSR count). The molecule has 1 fully saturated rings. The number of nitriles is 1. The van der Waals surface area contributed by atoms with Gasteiger partial charge in [0.15, 0.2) is 11.5 Å². The van der Waals surface area contributed by atoms with Gasteiger partial charge < -0.3 is 24.6 Å². The van der Waals surface area contributed by atoms with Gasteiger partial charge in [-0.1, -0.05) is 18.2 Å². The molecule has 2 aliphatic rings. The zero-order valence-electron chi connectivity index (χ0n) is 16.1. The largest absolute Gasteiger partial charge is 0.454 e. The van der Waals surface area contributed by atoms with Crippen molar-refractivity contribution in [3.63, 3.8) is 0 Å². The molecule has 0 spiro atoms. The number of anilines is 1. The van der Waals surface area contributed by atoms with Gasteiger partial charge in [-0.05, 0) is 30.3 Å². The van der Waals surface area contributed by atoms with Crippen molar-refractivity contribution >= 4 is 11.6 Å². The highest BCUT2D eigenvalue weighted by Gasteiger charge is 2.21. The average Bonchev–Trinajstić information content (AvgIpc) is 3.22. The number of hydrogen-bond acceptors (Lipinski definition) is 5. The van der Waals surface area contributed by atoms with E-state index in [2.05, 4.69) is 11.4 Å². The molecular formula is C22H23N4O3+. The topological polar surface area (TPSA) is 79.0 Å². The Balaban J connectivity index is 1.31. The van der Waals surface area contributed by atoms with Gasteiger partial charge in [-0.25, -0.2) is 0 Å². The molecule has 0 bridgehead atoms. The number of ether oxygens (including phenoxy) is 2. The first-order valence-corrected chi connectivity index (χ1v) is 9.66. The van der Waals surface area contributed by atoms with Crippen LogP contribution in [-0.4, -0.2) is 43.8 Å². The van der Waals surface area contributed by atoms with Crippen LogP contribution in [0.2, 0.25) is 0 Å². The second-order valence-electron chi connectivity index (χ2n) is 7.13. The number of piperazine rings is 1. The van der Waals surface area contributed by atoms with Crippen LogP contribution in [0.5, 0.6) is 11.5 Å². The summed E-state index contributed by atoms with van der Waals surface area (Å²) in [5, 5.41) is 12.2. The average molecular weight is 391 g/mol. The molecule has 2 N–H and O–H groups in total. The summed E-state index contributed by atoms with van der Waals surface area (Å²) in [6.07, 6.45) is 1.68. The Morgan fingerprint density at radius 2 is 1.90 bits per heavy atom. The Morgan fingerprint density at radius 1 is 1.14 bits per heavy atom. The molecule has 7 heteroatoms. The maximum Gasteiger partial charge on any atom is 0.267 e. The lowest BCUT2D eigenvalue weighted by atomic mass is 10.1. The minimum absolute atomic E-state index is 0.119. The zero-order valence-corrected chi connectivity index (χ0v) is 16.1. The number of para-hydroxylation sites is 1. The fourth-order valence-corrected chi connectivity index (χ4v) is 3.53. The fraction of sp³-hybridized carbons (Fsp3) is 0.273. The maximum atomic E-state index is 12.4. The summed E-state index contributed by atoms with van der Waals surface area (Å²) < 4.78 is 10.8. The number of carbonyl (C=O) groups is 1. The summed E-state index contributed by atoms with van der Waals surface area (Å²) in [6, 6.07) is 17.3. The van der Waals surface area contributed by atoms with Crippen LogP contribution in [0.3, 0.4) is 0 Å². The summed E-state index contributed by atoms with van der Waals surface area (Å²) in [6.45, 7) is 4.66. The second kappa shape index (κ2) is 8.67. The van der Waals surface area contributed by atoms with Crippen molar-refractivity contribution in [2.45, 2.75) is 6.54 Å². The Labute approximate surface area is 169 Å². The zero-order chi connectivity index (χ0) is 20.1. The minimum Gasteiger partial charge on any atom is -0.454 e. The van der Waals surface area contributed by atoms with E-state index in [1.54, 1.807) is 18.3 Å². The number of carbonyl (C=O) groups excluding carboxylic acids is 1. The molecule has 2 aromatic rings. The van der Waals surface area contributed by atoms with Gasteiger partial charge in [0.05, 0.1) is 26.2 Å². The van der Waals surface area contributed by atoms with E-state index in [-0.39, 0.29) is 18.3 Å². The van der Waals surface area contributed by atoms with E-state index < -0.39 is 0 Å². The monoisotopic (exact) mass is 391 g/mol. The van der Waals surface area contributed by atoms with Gasteiger partial charge in [0.2, 0.25) is 6.79 Å². The van der Waals surface area contributed by atoms with E-state index in [4.69, 9.17) is 9.47 Å². The summed E-state index contributed by atoms with van der Waals surface area (Å²) in [4.78, 5) is 15.9. The van der Waals surface area contributed by atoms with Crippen LogP contribution in [0.15, 0.2) is 60.3 Å². The second-order valence-corrected chi connectivity index (χ2v) is 7.13. The molecule has 0 unspecified atom stereocenters. The Kier molecular flexibility index (Phi) is 5.63. The molecule has 0 radical (unpaired) electrons. The van der Waals surface area contributed by atoms with Crippen molar-refractivity contribution in [2.75, 3.05) is 38.3 Å². The standard InChI is InChI=1S/C22H22N4O3/c23-13-18(22(27)24-19-4-2-1-3-5-19)15-26-10-8-25(9-11-26)14-17-6-7-20-21(12-17)29-16-28-20/h1-7,12,15H,8-11,14,16H2,(H,24,27)/p+1/b18-15+. The van der Waals surface area contributed by atoms with E-state index in [0.717, 1.165) is 44.2 Å². The third-order valence-electron chi connectivity index (χ3n) is 5.10. The SMILES string of the molecule is N#C/C(=C\N1CC[NH+](Cc2ccc3c(c2)OCO3)CC1)C(=O)Nc1ccccc1. The van der Waals surface area contributed by atoms with Crippen LogP contribution in [0.1, 0.15) is 5.56 Å². The molecule has 1 saturated heterocycles. The fourth-order valence-electron chi connectivity index (χ4n) is 3.53. The van der Waals surface area contributed by atoms with Crippen molar-refractivity contribution in [2.24, 2.45) is 0 Å². The molecule has 2 aromatic carbocycles. The highest BCUT2D eigenvalue weighted by Crippen LogP contribution is 2.32. The molecule has 0 saturated carbocycles. The molecule has 7 nitrogen and oxygen atoms in total. The van der Waals surface area contributed by atoms with Gasteiger partial charge in [0.1, 0.15) is 18.2 Å². The Bertz CT molecular complexity index is 944. The van der Waals surface area contributed by atoms with E-state index in [9.17, 15) is 10.1 Å². The smallest absolute Gasteiger partial charge is 0.267 e. The Morgan fingerprint density at radius 3 is 2.66 bits per heavy atom. The van der Waals surface area contributed by atoms with E-state index in [1.807, 2.05) is 41.3 Å². The van der Waals surface area contributed by atoms with Gasteiger partial charge in [0, 0.05) is 17.5 Å². The number of rotatable bonds is 5. The van der Waals surface area contributed by atoms with Gasteiger partial charge in [-0.15, -0.1) is 0 Å². The molecule has 2 heterocycles. The summed E-state index contributed by atoms with van der Waals surface area (Å²) in [7, 11) is 0. The van der Waals surface area contributed by atoms with Crippen LogP contribution < -0.4 is 19.7 Å². The molecule has 148 valence electrons. The van der Waals surface area contributed by atoms with Crippen molar-refractivity contribution in [3.8, 4) is 17.6 Å². The number of fused-ring (bicyclic) bond motifs is 1. The summed E-state index contributed by atoms with van der Waals surface area (Å²) >= 11 is 0. The predicted molar refractivity (Wildman–Crippen MR) is 107 cm³/mol. The Hall–Kier alpha value is -3.50. The van der Waals surface area contributed by atoms with Crippen molar-refractivity contribution in [3.05, 3.63) is 65.9 Å². The lowest BCUT2D eigenvalue weighted by Gasteiger charge is -2.31. The van der Waals surface area contributed by atoms with Gasteiger partial charge in [-0.3, -0.25) is 4.79 Å². The number of nitrogens with zero attached hydrogens (tertiary/aromatic N) is 2. The van der Waals surface area contributed by atoms with E-state index in [0.29, 0.717) is 5.69 Å². The molecule has 0 atom stereocenters. The van der Waals surface area contributed by atoms with Crippen molar-refractivity contribution < 1.29 is 19.2 Å². The van der Waals surface area contributed by atoms with Gasteiger partial charge >= 0.3 is 0 Å². The molecular weight excluding hydrogens is 368 g/mol. The summed E-state index contributed by atoms with van der Waals surface area (Å²) in [5.74, 6) is 1.23. The molecule has 0 aliphatic carbocycles.